The fraction of sp³-hybridized carbons (Fsp3) is 0.938. The Balaban J connectivity index is 3.87. The van der Waals surface area contributed by atoms with Crippen LogP contribution in [0.2, 0.25) is 0 Å². The van der Waals surface area contributed by atoms with Crippen LogP contribution in [0.3, 0.4) is 0 Å². The van der Waals surface area contributed by atoms with E-state index in [1.807, 2.05) is 0 Å². The third-order valence-electron chi connectivity index (χ3n) is 3.57. The van der Waals surface area contributed by atoms with E-state index in [9.17, 15) is 0 Å². The van der Waals surface area contributed by atoms with Crippen molar-refractivity contribution in [1.82, 2.24) is 0 Å². The van der Waals surface area contributed by atoms with Crippen molar-refractivity contribution >= 4 is 0 Å². The molecule has 2 unspecified atom stereocenters. The van der Waals surface area contributed by atoms with Crippen molar-refractivity contribution in [1.29, 1.82) is 0 Å². The topological polar surface area (TPSA) is 0 Å². The van der Waals surface area contributed by atoms with Gasteiger partial charge in [-0.15, -0.1) is 0 Å². The summed E-state index contributed by atoms with van der Waals surface area (Å²) in [6.07, 6.45) is 15.1. The molecular formula is C16H33. The molecule has 0 heterocycles. The van der Waals surface area contributed by atoms with Gasteiger partial charge >= 0.3 is 0 Å². The van der Waals surface area contributed by atoms with E-state index in [0.717, 1.165) is 11.8 Å². The molecule has 0 aromatic heterocycles. The van der Waals surface area contributed by atoms with Crippen LogP contribution in [0.15, 0.2) is 0 Å². The Labute approximate surface area is 104 Å². The quantitative estimate of drug-likeness (QED) is 0.377. The zero-order valence-electron chi connectivity index (χ0n) is 12.1. The average molecular weight is 225 g/mol. The molecule has 2 atom stereocenters. The molecule has 0 amide bonds. The van der Waals surface area contributed by atoms with Crippen molar-refractivity contribution in [3.63, 3.8) is 0 Å². The molecule has 0 heteroatoms. The SMILES string of the molecule is CCCCCC([CH]C(CC)CCC)CCC. The van der Waals surface area contributed by atoms with E-state index in [1.54, 1.807) is 0 Å². The molecule has 0 aliphatic carbocycles. The lowest BCUT2D eigenvalue weighted by Gasteiger charge is -2.21. The summed E-state index contributed by atoms with van der Waals surface area (Å²) in [5.41, 5.74) is 0. The molecule has 0 aliphatic rings. The van der Waals surface area contributed by atoms with Gasteiger partial charge in [0.15, 0.2) is 0 Å². The predicted molar refractivity (Wildman–Crippen MR) is 75.5 cm³/mol. The predicted octanol–water partition coefficient (Wildman–Crippen LogP) is 6.01. The maximum absolute atomic E-state index is 2.68. The lowest BCUT2D eigenvalue weighted by molar-refractivity contribution is 0.398. The van der Waals surface area contributed by atoms with Gasteiger partial charge in [-0.3, -0.25) is 0 Å². The van der Waals surface area contributed by atoms with Gasteiger partial charge in [0, 0.05) is 0 Å². The molecule has 0 aromatic carbocycles. The first-order valence-electron chi connectivity index (χ1n) is 7.63. The Morgan fingerprint density at radius 3 is 1.81 bits per heavy atom. The van der Waals surface area contributed by atoms with Gasteiger partial charge in [0.1, 0.15) is 0 Å². The molecular weight excluding hydrogens is 192 g/mol. The van der Waals surface area contributed by atoms with Crippen molar-refractivity contribution < 1.29 is 0 Å². The molecule has 0 N–H and O–H groups in total. The van der Waals surface area contributed by atoms with Gasteiger partial charge in [-0.25, -0.2) is 0 Å². The maximum atomic E-state index is 2.68. The van der Waals surface area contributed by atoms with Crippen LogP contribution in [0.4, 0.5) is 0 Å². The van der Waals surface area contributed by atoms with Gasteiger partial charge in [0.25, 0.3) is 0 Å². The van der Waals surface area contributed by atoms with Crippen molar-refractivity contribution in [2.75, 3.05) is 0 Å². The van der Waals surface area contributed by atoms with E-state index in [1.165, 1.54) is 57.8 Å². The number of hydrogen-bond acceptors (Lipinski definition) is 0. The van der Waals surface area contributed by atoms with Gasteiger partial charge in [-0.1, -0.05) is 85.5 Å². The molecule has 0 bridgehead atoms. The van der Waals surface area contributed by atoms with Crippen LogP contribution in [0, 0.1) is 18.3 Å². The Morgan fingerprint density at radius 1 is 0.688 bits per heavy atom. The Bertz CT molecular complexity index is 128. The second-order valence-corrected chi connectivity index (χ2v) is 5.19. The summed E-state index contributed by atoms with van der Waals surface area (Å²) in [6.45, 7) is 9.26. The van der Waals surface area contributed by atoms with E-state index in [-0.39, 0.29) is 0 Å². The summed E-state index contributed by atoms with van der Waals surface area (Å²) in [4.78, 5) is 0. The fourth-order valence-corrected chi connectivity index (χ4v) is 2.56. The zero-order valence-corrected chi connectivity index (χ0v) is 12.1. The summed E-state index contributed by atoms with van der Waals surface area (Å²) in [6, 6.07) is 0. The standard InChI is InChI=1S/C16H33/c1-5-9-10-13-16(12-7-3)14-15(8-4)11-6-2/h14-16H,5-13H2,1-4H3. The molecule has 0 aromatic rings. The second-order valence-electron chi connectivity index (χ2n) is 5.19. The fourth-order valence-electron chi connectivity index (χ4n) is 2.56. The smallest absolute Gasteiger partial charge is 0.0324 e. The van der Waals surface area contributed by atoms with E-state index in [0.29, 0.717) is 0 Å². The largest absolute Gasteiger partial charge is 0.0654 e. The second kappa shape index (κ2) is 11.5. The number of unbranched alkanes of at least 4 members (excludes halogenated alkanes) is 2. The van der Waals surface area contributed by atoms with Crippen LogP contribution in [-0.4, -0.2) is 0 Å². The maximum Gasteiger partial charge on any atom is -0.0324 e. The molecule has 0 aliphatic heterocycles. The summed E-state index contributed by atoms with van der Waals surface area (Å²) >= 11 is 0. The first kappa shape index (κ1) is 16.0. The Kier molecular flexibility index (Phi) is 11.5. The monoisotopic (exact) mass is 225 g/mol. The summed E-state index contributed by atoms with van der Waals surface area (Å²) in [5.74, 6) is 1.77. The molecule has 0 saturated carbocycles. The van der Waals surface area contributed by atoms with Crippen molar-refractivity contribution in [2.24, 2.45) is 11.8 Å². The van der Waals surface area contributed by atoms with E-state index >= 15 is 0 Å². The lowest BCUT2D eigenvalue weighted by Crippen LogP contribution is -2.10. The summed E-state index contributed by atoms with van der Waals surface area (Å²) in [5, 5.41) is 0. The van der Waals surface area contributed by atoms with Crippen LogP contribution in [0.25, 0.3) is 0 Å². The minimum Gasteiger partial charge on any atom is -0.0654 e. The Morgan fingerprint density at radius 2 is 1.31 bits per heavy atom. The number of hydrogen-bond donors (Lipinski definition) is 0. The lowest BCUT2D eigenvalue weighted by atomic mass is 9.84. The highest BCUT2D eigenvalue weighted by atomic mass is 14.2. The molecule has 0 spiro atoms. The molecule has 97 valence electrons. The van der Waals surface area contributed by atoms with Gasteiger partial charge < -0.3 is 0 Å². The van der Waals surface area contributed by atoms with Crippen LogP contribution >= 0.6 is 0 Å². The minimum atomic E-state index is 0.878. The van der Waals surface area contributed by atoms with Crippen LogP contribution < -0.4 is 0 Å². The van der Waals surface area contributed by atoms with Gasteiger partial charge in [-0.05, 0) is 18.3 Å². The van der Waals surface area contributed by atoms with E-state index in [4.69, 9.17) is 0 Å². The number of rotatable bonds is 11. The minimum absolute atomic E-state index is 0.878. The third kappa shape index (κ3) is 8.19. The normalized spacial score (nSPS) is 15.0. The van der Waals surface area contributed by atoms with Crippen LogP contribution in [-0.2, 0) is 0 Å². The molecule has 0 fully saturated rings. The Hall–Kier alpha value is 0. The molecule has 0 nitrogen and oxygen atoms in total. The van der Waals surface area contributed by atoms with Crippen molar-refractivity contribution in [3.05, 3.63) is 6.42 Å². The van der Waals surface area contributed by atoms with Gasteiger partial charge in [0.05, 0.1) is 0 Å². The summed E-state index contributed by atoms with van der Waals surface area (Å²) in [7, 11) is 0. The highest BCUT2D eigenvalue weighted by Gasteiger charge is 2.14. The summed E-state index contributed by atoms with van der Waals surface area (Å²) < 4.78 is 0. The van der Waals surface area contributed by atoms with Crippen molar-refractivity contribution in [2.45, 2.75) is 85.5 Å². The van der Waals surface area contributed by atoms with E-state index < -0.39 is 0 Å². The highest BCUT2D eigenvalue weighted by Crippen LogP contribution is 2.26. The van der Waals surface area contributed by atoms with Gasteiger partial charge in [0.2, 0.25) is 0 Å². The van der Waals surface area contributed by atoms with Crippen LogP contribution in [0.5, 0.6) is 0 Å². The molecule has 0 saturated heterocycles. The molecule has 16 heavy (non-hydrogen) atoms. The average Bonchev–Trinajstić information content (AvgIpc) is 2.29. The highest BCUT2D eigenvalue weighted by molar-refractivity contribution is 4.82. The zero-order chi connectivity index (χ0) is 12.2. The van der Waals surface area contributed by atoms with Gasteiger partial charge in [-0.2, -0.15) is 0 Å². The van der Waals surface area contributed by atoms with Crippen molar-refractivity contribution in [3.8, 4) is 0 Å². The first-order valence-corrected chi connectivity index (χ1v) is 7.63. The van der Waals surface area contributed by atoms with Crippen LogP contribution in [0.1, 0.15) is 85.5 Å². The molecule has 0 rings (SSSR count). The third-order valence-corrected chi connectivity index (χ3v) is 3.57. The molecule has 1 radical (unpaired) electrons. The van der Waals surface area contributed by atoms with E-state index in [2.05, 4.69) is 34.1 Å². The first-order chi connectivity index (χ1) is 7.78.